The standard InChI is InChI=1S/C14H21N3O/c1-3-6-16-7-8-17(11-12(16)2)13(10-15)14-5-4-9-18-14/h4-5,9,12-13H,3,6-8,11H2,1-2H3. The van der Waals surface area contributed by atoms with Gasteiger partial charge in [-0.15, -0.1) is 0 Å². The average Bonchev–Trinajstić information content (AvgIpc) is 2.87. The van der Waals surface area contributed by atoms with Crippen LogP contribution in [0.2, 0.25) is 0 Å². The molecule has 0 aromatic carbocycles. The summed E-state index contributed by atoms with van der Waals surface area (Å²) in [7, 11) is 0. The zero-order valence-corrected chi connectivity index (χ0v) is 11.2. The molecular weight excluding hydrogens is 226 g/mol. The van der Waals surface area contributed by atoms with Crippen LogP contribution in [0.1, 0.15) is 32.1 Å². The lowest BCUT2D eigenvalue weighted by molar-refractivity contribution is 0.0638. The van der Waals surface area contributed by atoms with E-state index >= 15 is 0 Å². The summed E-state index contributed by atoms with van der Waals surface area (Å²) in [4.78, 5) is 4.71. The summed E-state index contributed by atoms with van der Waals surface area (Å²) in [5.41, 5.74) is 0. The van der Waals surface area contributed by atoms with Gasteiger partial charge in [0.15, 0.2) is 6.04 Å². The van der Waals surface area contributed by atoms with Gasteiger partial charge in [-0.25, -0.2) is 0 Å². The molecule has 1 fully saturated rings. The first-order valence-electron chi connectivity index (χ1n) is 6.67. The highest BCUT2D eigenvalue weighted by Gasteiger charge is 2.29. The lowest BCUT2D eigenvalue weighted by Gasteiger charge is -2.41. The van der Waals surface area contributed by atoms with Crippen LogP contribution in [0.5, 0.6) is 0 Å². The maximum absolute atomic E-state index is 9.34. The van der Waals surface area contributed by atoms with E-state index in [2.05, 4.69) is 29.7 Å². The Morgan fingerprint density at radius 2 is 2.39 bits per heavy atom. The minimum absolute atomic E-state index is 0.244. The van der Waals surface area contributed by atoms with E-state index in [4.69, 9.17) is 4.42 Å². The third-order valence-electron chi connectivity index (χ3n) is 3.61. The predicted molar refractivity (Wildman–Crippen MR) is 70.0 cm³/mol. The van der Waals surface area contributed by atoms with Gasteiger partial charge in [-0.05, 0) is 32.0 Å². The van der Waals surface area contributed by atoms with Gasteiger partial charge < -0.3 is 4.42 Å². The van der Waals surface area contributed by atoms with E-state index in [-0.39, 0.29) is 6.04 Å². The maximum atomic E-state index is 9.34. The van der Waals surface area contributed by atoms with Crippen LogP contribution in [0.25, 0.3) is 0 Å². The quantitative estimate of drug-likeness (QED) is 0.818. The van der Waals surface area contributed by atoms with Crippen LogP contribution in [0.3, 0.4) is 0 Å². The van der Waals surface area contributed by atoms with E-state index in [1.54, 1.807) is 6.26 Å². The lowest BCUT2D eigenvalue weighted by Crippen LogP contribution is -2.52. The SMILES string of the molecule is CCCN1CCN(C(C#N)c2ccco2)CC1C. The van der Waals surface area contributed by atoms with Crippen LogP contribution in [-0.2, 0) is 0 Å². The van der Waals surface area contributed by atoms with Gasteiger partial charge in [0.2, 0.25) is 0 Å². The Bertz CT molecular complexity index is 396. The van der Waals surface area contributed by atoms with Gasteiger partial charge in [0.1, 0.15) is 5.76 Å². The number of piperazine rings is 1. The van der Waals surface area contributed by atoms with Crippen LogP contribution in [0.15, 0.2) is 22.8 Å². The maximum Gasteiger partial charge on any atom is 0.156 e. The molecule has 2 atom stereocenters. The van der Waals surface area contributed by atoms with Gasteiger partial charge in [0.25, 0.3) is 0 Å². The van der Waals surface area contributed by atoms with Crippen molar-refractivity contribution in [3.05, 3.63) is 24.2 Å². The summed E-state index contributed by atoms with van der Waals surface area (Å²) < 4.78 is 5.37. The number of hydrogen-bond donors (Lipinski definition) is 0. The van der Waals surface area contributed by atoms with Crippen molar-refractivity contribution in [1.29, 1.82) is 5.26 Å². The molecule has 98 valence electrons. The van der Waals surface area contributed by atoms with Crippen LogP contribution in [0.4, 0.5) is 0 Å². The molecule has 2 heterocycles. The minimum atomic E-state index is -0.244. The fourth-order valence-electron chi connectivity index (χ4n) is 2.65. The Kier molecular flexibility index (Phi) is 4.40. The Labute approximate surface area is 109 Å². The van der Waals surface area contributed by atoms with Gasteiger partial charge in [-0.2, -0.15) is 5.26 Å². The molecule has 4 heteroatoms. The Balaban J connectivity index is 2.01. The third-order valence-corrected chi connectivity index (χ3v) is 3.61. The summed E-state index contributed by atoms with van der Waals surface area (Å²) in [6, 6.07) is 6.34. The van der Waals surface area contributed by atoms with Crippen molar-refractivity contribution in [3.8, 4) is 6.07 Å². The van der Waals surface area contributed by atoms with Crippen molar-refractivity contribution < 1.29 is 4.42 Å². The zero-order chi connectivity index (χ0) is 13.0. The van der Waals surface area contributed by atoms with Crippen LogP contribution >= 0.6 is 0 Å². The molecule has 0 spiro atoms. The number of hydrogen-bond acceptors (Lipinski definition) is 4. The normalized spacial score (nSPS) is 23.7. The molecule has 0 N–H and O–H groups in total. The number of furan rings is 1. The average molecular weight is 247 g/mol. The first-order chi connectivity index (χ1) is 8.76. The second kappa shape index (κ2) is 6.03. The highest BCUT2D eigenvalue weighted by atomic mass is 16.3. The van der Waals surface area contributed by atoms with Crippen molar-refractivity contribution in [2.75, 3.05) is 26.2 Å². The van der Waals surface area contributed by atoms with Crippen molar-refractivity contribution in [3.63, 3.8) is 0 Å². The Hall–Kier alpha value is -1.31. The van der Waals surface area contributed by atoms with Gasteiger partial charge in [-0.3, -0.25) is 9.80 Å². The van der Waals surface area contributed by atoms with Gasteiger partial charge in [-0.1, -0.05) is 6.92 Å². The highest BCUT2D eigenvalue weighted by molar-refractivity contribution is 5.13. The molecular formula is C14H21N3O. The molecule has 0 aliphatic carbocycles. The van der Waals surface area contributed by atoms with Crippen LogP contribution in [-0.4, -0.2) is 42.0 Å². The smallest absolute Gasteiger partial charge is 0.156 e. The van der Waals surface area contributed by atoms with Gasteiger partial charge >= 0.3 is 0 Å². The van der Waals surface area contributed by atoms with Crippen molar-refractivity contribution >= 4 is 0 Å². The summed E-state index contributed by atoms with van der Waals surface area (Å²) in [5.74, 6) is 0.758. The van der Waals surface area contributed by atoms with Gasteiger partial charge in [0, 0.05) is 25.7 Å². The second-order valence-electron chi connectivity index (χ2n) is 4.93. The molecule has 1 aliphatic rings. The molecule has 2 unspecified atom stereocenters. The molecule has 0 amide bonds. The summed E-state index contributed by atoms with van der Waals surface area (Å²) >= 11 is 0. The van der Waals surface area contributed by atoms with Crippen molar-refractivity contribution in [2.24, 2.45) is 0 Å². The molecule has 18 heavy (non-hydrogen) atoms. The Morgan fingerprint density at radius 1 is 1.56 bits per heavy atom. The minimum Gasteiger partial charge on any atom is -0.467 e. The number of rotatable bonds is 4. The molecule has 1 aliphatic heterocycles. The largest absolute Gasteiger partial charge is 0.467 e. The zero-order valence-electron chi connectivity index (χ0n) is 11.2. The molecule has 1 aromatic rings. The van der Waals surface area contributed by atoms with E-state index in [0.29, 0.717) is 6.04 Å². The van der Waals surface area contributed by atoms with Gasteiger partial charge in [0.05, 0.1) is 12.3 Å². The highest BCUT2D eigenvalue weighted by Crippen LogP contribution is 2.23. The third kappa shape index (κ3) is 2.74. The number of nitrogens with zero attached hydrogens (tertiary/aromatic N) is 3. The van der Waals surface area contributed by atoms with E-state index in [1.807, 2.05) is 12.1 Å². The lowest BCUT2D eigenvalue weighted by atomic mass is 10.1. The molecule has 0 saturated carbocycles. The molecule has 2 rings (SSSR count). The van der Waals surface area contributed by atoms with E-state index in [0.717, 1.165) is 31.9 Å². The monoisotopic (exact) mass is 247 g/mol. The molecule has 0 radical (unpaired) electrons. The predicted octanol–water partition coefficient (Wildman–Crippen LogP) is 2.26. The second-order valence-corrected chi connectivity index (χ2v) is 4.93. The summed E-state index contributed by atoms with van der Waals surface area (Å²) in [5, 5.41) is 9.34. The van der Waals surface area contributed by atoms with Crippen molar-refractivity contribution in [1.82, 2.24) is 9.80 Å². The number of nitriles is 1. The van der Waals surface area contributed by atoms with Crippen molar-refractivity contribution in [2.45, 2.75) is 32.4 Å². The fourth-order valence-corrected chi connectivity index (χ4v) is 2.65. The molecule has 1 aromatic heterocycles. The van der Waals surface area contributed by atoms with E-state index in [1.165, 1.54) is 6.42 Å². The molecule has 0 bridgehead atoms. The first kappa shape index (κ1) is 13.1. The van der Waals surface area contributed by atoms with E-state index < -0.39 is 0 Å². The van der Waals surface area contributed by atoms with Crippen LogP contribution < -0.4 is 0 Å². The molecule has 4 nitrogen and oxygen atoms in total. The fraction of sp³-hybridized carbons (Fsp3) is 0.643. The summed E-state index contributed by atoms with van der Waals surface area (Å²) in [6.07, 6.45) is 2.82. The first-order valence-corrected chi connectivity index (χ1v) is 6.67. The van der Waals surface area contributed by atoms with E-state index in [9.17, 15) is 5.26 Å². The Morgan fingerprint density at radius 3 is 2.94 bits per heavy atom. The molecule has 1 saturated heterocycles. The topological polar surface area (TPSA) is 43.4 Å². The van der Waals surface area contributed by atoms with Crippen LogP contribution in [0, 0.1) is 11.3 Å². The summed E-state index contributed by atoms with van der Waals surface area (Å²) in [6.45, 7) is 8.49.